The Kier molecular flexibility index (Phi) is 7.41. The van der Waals surface area contributed by atoms with Crippen LogP contribution >= 0.6 is 11.6 Å². The van der Waals surface area contributed by atoms with Gasteiger partial charge in [-0.1, -0.05) is 37.1 Å². The van der Waals surface area contributed by atoms with Crippen LogP contribution in [0.2, 0.25) is 5.02 Å². The molecule has 164 valence electrons. The molecule has 2 aromatic carbocycles. The van der Waals surface area contributed by atoms with E-state index in [1.54, 1.807) is 50.4 Å². The lowest BCUT2D eigenvalue weighted by Crippen LogP contribution is -2.46. The van der Waals surface area contributed by atoms with Crippen molar-refractivity contribution in [2.75, 3.05) is 19.0 Å². The molecule has 7 nitrogen and oxygen atoms in total. The first-order valence-electron chi connectivity index (χ1n) is 10.1. The third-order valence-corrected chi connectivity index (χ3v) is 5.11. The first-order valence-corrected chi connectivity index (χ1v) is 10.5. The second-order valence-corrected chi connectivity index (χ2v) is 7.58. The summed E-state index contributed by atoms with van der Waals surface area (Å²) in [5.41, 5.74) is 2.12. The molecule has 3 rings (SSSR count). The average molecular weight is 444 g/mol. The molecular weight excluding hydrogens is 418 g/mol. The summed E-state index contributed by atoms with van der Waals surface area (Å²) < 4.78 is 11.3. The lowest BCUT2D eigenvalue weighted by atomic mass is 9.94. The molecule has 0 aliphatic carbocycles. The van der Waals surface area contributed by atoms with Crippen LogP contribution in [0.25, 0.3) is 0 Å². The smallest absolute Gasteiger partial charge is 0.319 e. The highest BCUT2D eigenvalue weighted by molar-refractivity contribution is 6.31. The molecule has 0 bridgehead atoms. The zero-order valence-electron chi connectivity index (χ0n) is 17.8. The molecule has 2 aromatic rings. The molecule has 1 atom stereocenters. The number of methoxy groups -OCH3 is 1. The van der Waals surface area contributed by atoms with Crippen LogP contribution in [0.4, 0.5) is 10.5 Å². The fraction of sp³-hybridized carbons (Fsp3) is 0.304. The van der Waals surface area contributed by atoms with Crippen molar-refractivity contribution >= 4 is 29.2 Å². The van der Waals surface area contributed by atoms with E-state index in [0.717, 1.165) is 12.8 Å². The maximum Gasteiger partial charge on any atom is 0.319 e. The lowest BCUT2D eigenvalue weighted by Gasteiger charge is -2.29. The topological polar surface area (TPSA) is 88.7 Å². The molecule has 3 amide bonds. The van der Waals surface area contributed by atoms with Crippen LogP contribution < -0.4 is 25.4 Å². The lowest BCUT2D eigenvalue weighted by molar-refractivity contribution is -0.113. The minimum absolute atomic E-state index is 0.348. The largest absolute Gasteiger partial charge is 0.493 e. The number of unbranched alkanes of at least 4 members (excludes halogenated alkanes) is 1. The van der Waals surface area contributed by atoms with Gasteiger partial charge in [-0.05, 0) is 49.2 Å². The molecule has 0 fully saturated rings. The van der Waals surface area contributed by atoms with Gasteiger partial charge in [-0.3, -0.25) is 4.79 Å². The van der Waals surface area contributed by atoms with Crippen LogP contribution in [0, 0.1) is 0 Å². The van der Waals surface area contributed by atoms with Crippen LogP contribution in [0.5, 0.6) is 11.5 Å². The van der Waals surface area contributed by atoms with E-state index in [-0.39, 0.29) is 11.9 Å². The molecule has 0 saturated heterocycles. The number of carbonyl (C=O) groups excluding carboxylic acids is 2. The molecule has 0 saturated carbocycles. The summed E-state index contributed by atoms with van der Waals surface area (Å²) >= 11 is 6.02. The number of rotatable bonds is 8. The van der Waals surface area contributed by atoms with E-state index in [1.807, 2.05) is 6.07 Å². The number of halogens is 1. The molecule has 0 aromatic heterocycles. The second kappa shape index (κ2) is 10.2. The van der Waals surface area contributed by atoms with E-state index in [1.165, 1.54) is 0 Å². The number of benzene rings is 2. The minimum atomic E-state index is -0.661. The molecule has 0 radical (unpaired) electrons. The first-order chi connectivity index (χ1) is 14.9. The molecule has 0 spiro atoms. The fourth-order valence-electron chi connectivity index (χ4n) is 3.32. The highest BCUT2D eigenvalue weighted by atomic mass is 35.5. The summed E-state index contributed by atoms with van der Waals surface area (Å²) in [6, 6.07) is 11.2. The normalized spacial score (nSPS) is 15.7. The Labute approximate surface area is 186 Å². The van der Waals surface area contributed by atoms with Gasteiger partial charge in [0.2, 0.25) is 0 Å². The highest BCUT2D eigenvalue weighted by Crippen LogP contribution is 2.34. The summed E-state index contributed by atoms with van der Waals surface area (Å²) in [5.74, 6) is 0.804. The number of allylic oxidation sites excluding steroid dienone is 1. The first kappa shape index (κ1) is 22.5. The van der Waals surface area contributed by atoms with Gasteiger partial charge in [0.25, 0.3) is 5.91 Å². The zero-order valence-corrected chi connectivity index (χ0v) is 18.5. The third kappa shape index (κ3) is 5.49. The number of hydrogen-bond donors (Lipinski definition) is 3. The Morgan fingerprint density at radius 3 is 2.71 bits per heavy atom. The number of carbonyl (C=O) groups is 2. The Morgan fingerprint density at radius 2 is 2.00 bits per heavy atom. The SMILES string of the molecule is CCCCOc1ccc([C@H]2NC(=O)NC(C)=C2C(=O)Nc2cccc(Cl)c2)cc1OC. The van der Waals surface area contributed by atoms with Crippen molar-refractivity contribution < 1.29 is 19.1 Å². The molecule has 1 heterocycles. The van der Waals surface area contributed by atoms with Gasteiger partial charge in [0.15, 0.2) is 11.5 Å². The number of amides is 3. The van der Waals surface area contributed by atoms with Gasteiger partial charge in [-0.15, -0.1) is 0 Å². The maximum absolute atomic E-state index is 13.1. The quantitative estimate of drug-likeness (QED) is 0.511. The van der Waals surface area contributed by atoms with E-state index < -0.39 is 6.04 Å². The summed E-state index contributed by atoms with van der Waals surface area (Å²) in [7, 11) is 1.56. The summed E-state index contributed by atoms with van der Waals surface area (Å²) in [6.07, 6.45) is 1.96. The number of anilines is 1. The van der Waals surface area contributed by atoms with E-state index in [2.05, 4.69) is 22.9 Å². The van der Waals surface area contributed by atoms with Gasteiger partial charge in [-0.2, -0.15) is 0 Å². The molecule has 0 unspecified atom stereocenters. The van der Waals surface area contributed by atoms with E-state index in [0.29, 0.717) is 45.6 Å². The van der Waals surface area contributed by atoms with E-state index in [9.17, 15) is 9.59 Å². The third-order valence-electron chi connectivity index (χ3n) is 4.87. The Hall–Kier alpha value is -3.19. The zero-order chi connectivity index (χ0) is 22.4. The van der Waals surface area contributed by atoms with Crippen LogP contribution in [0.3, 0.4) is 0 Å². The van der Waals surface area contributed by atoms with Crippen LogP contribution in [-0.4, -0.2) is 25.7 Å². The van der Waals surface area contributed by atoms with Gasteiger partial charge in [-0.25, -0.2) is 4.79 Å². The fourth-order valence-corrected chi connectivity index (χ4v) is 3.51. The number of ether oxygens (including phenoxy) is 2. The summed E-state index contributed by atoms with van der Waals surface area (Å²) in [6.45, 7) is 4.37. The second-order valence-electron chi connectivity index (χ2n) is 7.15. The number of hydrogen-bond acceptors (Lipinski definition) is 4. The molecule has 1 aliphatic heterocycles. The van der Waals surface area contributed by atoms with Crippen molar-refractivity contribution in [3.05, 3.63) is 64.3 Å². The van der Waals surface area contributed by atoms with E-state index >= 15 is 0 Å². The Morgan fingerprint density at radius 1 is 1.19 bits per heavy atom. The van der Waals surface area contributed by atoms with Crippen LogP contribution in [-0.2, 0) is 4.79 Å². The predicted molar refractivity (Wildman–Crippen MR) is 121 cm³/mol. The maximum atomic E-state index is 13.1. The summed E-state index contributed by atoms with van der Waals surface area (Å²) in [4.78, 5) is 25.3. The van der Waals surface area contributed by atoms with Crippen molar-refractivity contribution in [2.45, 2.75) is 32.7 Å². The van der Waals surface area contributed by atoms with Crippen LogP contribution in [0.1, 0.15) is 38.3 Å². The minimum Gasteiger partial charge on any atom is -0.493 e. The van der Waals surface area contributed by atoms with Gasteiger partial charge in [0.1, 0.15) is 0 Å². The number of urea groups is 1. The Bertz CT molecular complexity index is 1010. The van der Waals surface area contributed by atoms with Gasteiger partial charge >= 0.3 is 6.03 Å². The summed E-state index contributed by atoms with van der Waals surface area (Å²) in [5, 5.41) is 8.85. The molecule has 8 heteroatoms. The van der Waals surface area contributed by atoms with Gasteiger partial charge in [0.05, 0.1) is 25.3 Å². The molecule has 1 aliphatic rings. The average Bonchev–Trinajstić information content (AvgIpc) is 2.73. The standard InChI is InChI=1S/C23H26ClN3O4/c1-4-5-11-31-18-10-9-15(12-19(18)30-3)21-20(14(2)25-23(29)27-21)22(28)26-17-8-6-7-16(24)13-17/h6-10,12-13,21H,4-5,11H2,1-3H3,(H,26,28)(H2,25,27,29)/t21-/m1/s1. The van der Waals surface area contributed by atoms with Crippen molar-refractivity contribution in [1.29, 1.82) is 0 Å². The molecule has 3 N–H and O–H groups in total. The monoisotopic (exact) mass is 443 g/mol. The van der Waals surface area contributed by atoms with Crippen molar-refractivity contribution in [1.82, 2.24) is 10.6 Å². The van der Waals surface area contributed by atoms with E-state index in [4.69, 9.17) is 21.1 Å². The van der Waals surface area contributed by atoms with Crippen LogP contribution in [0.15, 0.2) is 53.7 Å². The Balaban J connectivity index is 1.91. The van der Waals surface area contributed by atoms with Gasteiger partial charge in [0, 0.05) is 16.4 Å². The van der Waals surface area contributed by atoms with Crippen molar-refractivity contribution in [3.8, 4) is 11.5 Å². The molecular formula is C23H26ClN3O4. The predicted octanol–water partition coefficient (Wildman–Crippen LogP) is 4.79. The highest BCUT2D eigenvalue weighted by Gasteiger charge is 2.31. The van der Waals surface area contributed by atoms with Crippen molar-refractivity contribution in [3.63, 3.8) is 0 Å². The van der Waals surface area contributed by atoms with Crippen molar-refractivity contribution in [2.24, 2.45) is 0 Å². The number of nitrogens with one attached hydrogen (secondary N) is 3. The molecule has 31 heavy (non-hydrogen) atoms. The van der Waals surface area contributed by atoms with Gasteiger partial charge < -0.3 is 25.4 Å².